The molecule has 0 aliphatic carbocycles. The van der Waals surface area contributed by atoms with E-state index in [2.05, 4.69) is 24.1 Å². The Bertz CT molecular complexity index is 811. The van der Waals surface area contributed by atoms with Crippen LogP contribution in [0.5, 0.6) is 0 Å². The van der Waals surface area contributed by atoms with Gasteiger partial charge in [0, 0.05) is 11.9 Å². The average Bonchev–Trinajstić information content (AvgIpc) is 2.63. The van der Waals surface area contributed by atoms with Crippen LogP contribution in [-0.2, 0) is 9.53 Å². The molecule has 1 aromatic carbocycles. The van der Waals surface area contributed by atoms with Crippen molar-refractivity contribution < 1.29 is 14.3 Å². The summed E-state index contributed by atoms with van der Waals surface area (Å²) < 4.78 is 5.20. The maximum atomic E-state index is 12.4. The van der Waals surface area contributed by atoms with Crippen molar-refractivity contribution in [2.45, 2.75) is 39.2 Å². The molecule has 0 saturated carbocycles. The Kier molecular flexibility index (Phi) is 7.00. The Hall–Kier alpha value is -2.11. The predicted molar refractivity (Wildman–Crippen MR) is 103 cm³/mol. The molecule has 2 aromatic rings. The van der Waals surface area contributed by atoms with Gasteiger partial charge < -0.3 is 10.1 Å². The number of nitrogens with zero attached hydrogens (tertiary/aromatic N) is 1. The monoisotopic (exact) mass is 394 g/mol. The van der Waals surface area contributed by atoms with E-state index in [1.807, 2.05) is 24.3 Å². The van der Waals surface area contributed by atoms with E-state index in [9.17, 15) is 9.59 Å². The quantitative estimate of drug-likeness (QED) is 0.547. The average molecular weight is 395 g/mol. The van der Waals surface area contributed by atoms with E-state index in [-0.39, 0.29) is 15.7 Å². The van der Waals surface area contributed by atoms with Crippen molar-refractivity contribution in [3.8, 4) is 0 Å². The zero-order valence-electron chi connectivity index (χ0n) is 14.8. The van der Waals surface area contributed by atoms with E-state index in [1.54, 1.807) is 0 Å². The molecule has 0 bridgehead atoms. The minimum atomic E-state index is -0.984. The number of amides is 1. The van der Waals surface area contributed by atoms with Crippen LogP contribution in [0.4, 0.5) is 5.69 Å². The molecule has 1 N–H and O–H groups in total. The number of hydrogen-bond donors (Lipinski definition) is 1. The van der Waals surface area contributed by atoms with Gasteiger partial charge >= 0.3 is 5.97 Å². The number of hydrogen-bond acceptors (Lipinski definition) is 4. The second-order valence-electron chi connectivity index (χ2n) is 5.93. The third-order valence-corrected chi connectivity index (χ3v) is 4.73. The Morgan fingerprint density at radius 1 is 1.23 bits per heavy atom. The van der Waals surface area contributed by atoms with Gasteiger partial charge in [-0.1, -0.05) is 55.2 Å². The summed E-state index contributed by atoms with van der Waals surface area (Å²) in [6.45, 7) is 5.68. The van der Waals surface area contributed by atoms with Gasteiger partial charge in [0.2, 0.25) is 0 Å². The van der Waals surface area contributed by atoms with Crippen LogP contribution in [0.2, 0.25) is 10.2 Å². The number of ether oxygens (including phenoxy) is 1. The zero-order chi connectivity index (χ0) is 19.3. The number of esters is 1. The molecular formula is C19H20Cl2N2O3. The van der Waals surface area contributed by atoms with Gasteiger partial charge in [-0.25, -0.2) is 9.78 Å². The van der Waals surface area contributed by atoms with Crippen LogP contribution in [0.15, 0.2) is 36.5 Å². The van der Waals surface area contributed by atoms with Gasteiger partial charge in [-0.3, -0.25) is 4.79 Å². The number of carbonyl (C=O) groups is 2. The highest BCUT2D eigenvalue weighted by atomic mass is 35.5. The van der Waals surface area contributed by atoms with Crippen molar-refractivity contribution in [1.29, 1.82) is 0 Å². The van der Waals surface area contributed by atoms with Gasteiger partial charge in [-0.05, 0) is 37.0 Å². The maximum absolute atomic E-state index is 12.4. The molecule has 0 spiro atoms. The van der Waals surface area contributed by atoms with Crippen LogP contribution in [0, 0.1) is 0 Å². The number of anilines is 1. The summed E-state index contributed by atoms with van der Waals surface area (Å²) in [5, 5.41) is 3.06. The molecule has 1 aromatic heterocycles. The Morgan fingerprint density at radius 2 is 1.92 bits per heavy atom. The van der Waals surface area contributed by atoms with E-state index in [1.165, 1.54) is 19.2 Å². The van der Waals surface area contributed by atoms with E-state index in [4.69, 9.17) is 27.9 Å². The highest BCUT2D eigenvalue weighted by molar-refractivity contribution is 6.41. The number of benzene rings is 1. The van der Waals surface area contributed by atoms with Gasteiger partial charge in [0.15, 0.2) is 6.10 Å². The minimum absolute atomic E-state index is 0.0932. The Labute approximate surface area is 162 Å². The summed E-state index contributed by atoms with van der Waals surface area (Å²) in [6.07, 6.45) is 1.21. The third kappa shape index (κ3) is 4.96. The second-order valence-corrected chi connectivity index (χ2v) is 6.70. The molecule has 5 nitrogen and oxygen atoms in total. The lowest BCUT2D eigenvalue weighted by molar-refractivity contribution is -0.123. The molecule has 1 heterocycles. The predicted octanol–water partition coefficient (Wildman–Crippen LogP) is 5.09. The maximum Gasteiger partial charge on any atom is 0.340 e. The highest BCUT2D eigenvalue weighted by Gasteiger charge is 2.21. The molecule has 2 atom stereocenters. The van der Waals surface area contributed by atoms with Gasteiger partial charge in [-0.2, -0.15) is 0 Å². The number of aromatic nitrogens is 1. The first kappa shape index (κ1) is 20.2. The van der Waals surface area contributed by atoms with Crippen LogP contribution < -0.4 is 5.32 Å². The van der Waals surface area contributed by atoms with Crippen LogP contribution in [-0.4, -0.2) is 23.0 Å². The lowest BCUT2D eigenvalue weighted by atomic mass is 9.97. The zero-order valence-corrected chi connectivity index (χ0v) is 16.3. The first-order valence-corrected chi connectivity index (χ1v) is 9.00. The fraction of sp³-hybridized carbons (Fsp3) is 0.316. The summed E-state index contributed by atoms with van der Waals surface area (Å²) in [7, 11) is 0. The van der Waals surface area contributed by atoms with E-state index in [0.29, 0.717) is 11.6 Å². The van der Waals surface area contributed by atoms with Gasteiger partial charge in [0.05, 0.1) is 10.6 Å². The number of carbonyl (C=O) groups excluding carboxylic acids is 2. The summed E-state index contributed by atoms with van der Waals surface area (Å²) in [4.78, 5) is 28.4. The van der Waals surface area contributed by atoms with Crippen LogP contribution >= 0.6 is 23.2 Å². The molecule has 2 rings (SSSR count). The Balaban J connectivity index is 2.06. The van der Waals surface area contributed by atoms with Gasteiger partial charge in [-0.15, -0.1) is 0 Å². The number of nitrogens with one attached hydrogen (secondary N) is 1. The summed E-state index contributed by atoms with van der Waals surface area (Å²) in [5.41, 5.74) is 1.88. The van der Waals surface area contributed by atoms with Gasteiger partial charge in [0.25, 0.3) is 5.91 Å². The first-order chi connectivity index (χ1) is 12.3. The van der Waals surface area contributed by atoms with E-state index in [0.717, 1.165) is 12.0 Å². The Morgan fingerprint density at radius 3 is 2.58 bits per heavy atom. The normalized spacial score (nSPS) is 13.0. The van der Waals surface area contributed by atoms with Crippen molar-refractivity contribution in [2.24, 2.45) is 0 Å². The summed E-state index contributed by atoms with van der Waals surface area (Å²) >= 11 is 11.6. The van der Waals surface area contributed by atoms with Crippen molar-refractivity contribution in [3.05, 3.63) is 57.8 Å². The molecule has 0 unspecified atom stereocenters. The number of para-hydroxylation sites is 1. The van der Waals surface area contributed by atoms with Gasteiger partial charge in [0.1, 0.15) is 5.15 Å². The molecule has 0 aliphatic heterocycles. The molecule has 0 fully saturated rings. The van der Waals surface area contributed by atoms with Crippen molar-refractivity contribution in [1.82, 2.24) is 4.98 Å². The molecule has 1 amide bonds. The first-order valence-electron chi connectivity index (χ1n) is 8.25. The van der Waals surface area contributed by atoms with E-state index < -0.39 is 18.0 Å². The molecule has 0 aliphatic rings. The SMILES string of the molecule is CC[C@@H](C)c1ccccc1NC(=O)[C@@H](C)OC(=O)c1cnc(Cl)c(Cl)c1. The smallest absolute Gasteiger partial charge is 0.340 e. The second kappa shape index (κ2) is 9.01. The lowest BCUT2D eigenvalue weighted by Gasteiger charge is -2.18. The highest BCUT2D eigenvalue weighted by Crippen LogP contribution is 2.26. The molecule has 26 heavy (non-hydrogen) atoms. The molecule has 138 valence electrons. The fourth-order valence-electron chi connectivity index (χ4n) is 2.31. The lowest BCUT2D eigenvalue weighted by Crippen LogP contribution is -2.30. The summed E-state index contributed by atoms with van der Waals surface area (Å²) in [6, 6.07) is 8.93. The van der Waals surface area contributed by atoms with Crippen molar-refractivity contribution in [3.63, 3.8) is 0 Å². The molecular weight excluding hydrogens is 375 g/mol. The molecule has 0 radical (unpaired) electrons. The fourth-order valence-corrected chi connectivity index (χ4v) is 2.58. The molecule has 7 heteroatoms. The largest absolute Gasteiger partial charge is 0.449 e. The van der Waals surface area contributed by atoms with Crippen LogP contribution in [0.3, 0.4) is 0 Å². The minimum Gasteiger partial charge on any atom is -0.449 e. The van der Waals surface area contributed by atoms with Crippen molar-refractivity contribution in [2.75, 3.05) is 5.32 Å². The number of halogens is 2. The van der Waals surface area contributed by atoms with Crippen LogP contribution in [0.25, 0.3) is 0 Å². The molecule has 0 saturated heterocycles. The number of rotatable bonds is 6. The van der Waals surface area contributed by atoms with Crippen LogP contribution in [0.1, 0.15) is 49.0 Å². The summed E-state index contributed by atoms with van der Waals surface area (Å²) in [5.74, 6) is -0.817. The van der Waals surface area contributed by atoms with E-state index >= 15 is 0 Å². The van der Waals surface area contributed by atoms with Crippen molar-refractivity contribution >= 4 is 40.8 Å². The topological polar surface area (TPSA) is 68.3 Å². The number of pyridine rings is 1. The third-order valence-electron chi connectivity index (χ3n) is 4.05. The standard InChI is InChI=1S/C19H20Cl2N2O3/c1-4-11(2)14-7-5-6-8-16(14)23-18(24)12(3)26-19(25)13-9-15(20)17(21)22-10-13/h5-12H,4H2,1-3H3,(H,23,24)/t11-,12-/m1/s1.